The van der Waals surface area contributed by atoms with Crippen molar-refractivity contribution < 1.29 is 0 Å². The van der Waals surface area contributed by atoms with Gasteiger partial charge in [0.05, 0.1) is 0 Å². The molecular formula is C16H36N4. The van der Waals surface area contributed by atoms with Gasteiger partial charge in [0.15, 0.2) is 0 Å². The highest BCUT2D eigenvalue weighted by Crippen LogP contribution is 2.06. The summed E-state index contributed by atoms with van der Waals surface area (Å²) in [6, 6.07) is 1.34. The van der Waals surface area contributed by atoms with Gasteiger partial charge in [0.2, 0.25) is 0 Å². The second-order valence-electron chi connectivity index (χ2n) is 6.84. The van der Waals surface area contributed by atoms with E-state index in [2.05, 4.69) is 61.6 Å². The minimum Gasteiger partial charge on any atom is -0.305 e. The molecule has 0 unspecified atom stereocenters. The molecule has 1 fully saturated rings. The average Bonchev–Trinajstić information content (AvgIpc) is 2.43. The Kier molecular flexibility index (Phi) is 8.03. The quantitative estimate of drug-likeness (QED) is 0.664. The van der Waals surface area contributed by atoms with Gasteiger partial charge in [-0.05, 0) is 68.0 Å². The molecule has 0 saturated carbocycles. The number of nitrogens with zero attached hydrogens (tertiary/aromatic N) is 4. The first-order chi connectivity index (χ1) is 9.40. The van der Waals surface area contributed by atoms with Crippen LogP contribution in [0.1, 0.15) is 26.7 Å². The third-order valence-electron chi connectivity index (χ3n) is 5.03. The van der Waals surface area contributed by atoms with Crippen LogP contribution in [0.25, 0.3) is 0 Å². The Hall–Kier alpha value is -0.160. The van der Waals surface area contributed by atoms with Gasteiger partial charge in [0, 0.05) is 38.3 Å². The highest BCUT2D eigenvalue weighted by molar-refractivity contribution is 4.71. The smallest absolute Gasteiger partial charge is 0.0109 e. The maximum Gasteiger partial charge on any atom is 0.0109 e. The zero-order valence-corrected chi connectivity index (χ0v) is 14.6. The van der Waals surface area contributed by atoms with Gasteiger partial charge in [-0.15, -0.1) is 0 Å². The number of rotatable bonds is 0. The van der Waals surface area contributed by atoms with Gasteiger partial charge >= 0.3 is 0 Å². The monoisotopic (exact) mass is 284 g/mol. The van der Waals surface area contributed by atoms with Crippen LogP contribution in [0.15, 0.2) is 0 Å². The molecule has 1 heterocycles. The van der Waals surface area contributed by atoms with E-state index in [0.717, 1.165) is 0 Å². The van der Waals surface area contributed by atoms with E-state index in [4.69, 9.17) is 0 Å². The molecule has 0 aliphatic carbocycles. The lowest BCUT2D eigenvalue weighted by atomic mass is 10.1. The Morgan fingerprint density at radius 1 is 0.550 bits per heavy atom. The van der Waals surface area contributed by atoms with Gasteiger partial charge in [-0.2, -0.15) is 0 Å². The Morgan fingerprint density at radius 3 is 1.25 bits per heavy atom. The zero-order chi connectivity index (χ0) is 15.1. The molecule has 1 saturated heterocycles. The fourth-order valence-corrected chi connectivity index (χ4v) is 2.58. The van der Waals surface area contributed by atoms with Crippen molar-refractivity contribution in [3.8, 4) is 0 Å². The fourth-order valence-electron chi connectivity index (χ4n) is 2.58. The second-order valence-corrected chi connectivity index (χ2v) is 6.84. The van der Waals surface area contributed by atoms with E-state index < -0.39 is 0 Å². The lowest BCUT2D eigenvalue weighted by molar-refractivity contribution is 0.156. The molecule has 4 nitrogen and oxygen atoms in total. The van der Waals surface area contributed by atoms with E-state index in [1.165, 1.54) is 52.1 Å². The zero-order valence-electron chi connectivity index (χ0n) is 14.6. The van der Waals surface area contributed by atoms with E-state index in [0.29, 0.717) is 12.1 Å². The first-order valence-electron chi connectivity index (χ1n) is 8.17. The summed E-state index contributed by atoms with van der Waals surface area (Å²) >= 11 is 0. The third-order valence-corrected chi connectivity index (χ3v) is 5.03. The van der Waals surface area contributed by atoms with Gasteiger partial charge in [-0.3, -0.25) is 0 Å². The molecule has 120 valence electrons. The van der Waals surface area contributed by atoms with E-state index in [1.807, 2.05) is 0 Å². The molecule has 0 aromatic carbocycles. The Balaban J connectivity index is 2.55. The first kappa shape index (κ1) is 17.9. The van der Waals surface area contributed by atoms with Gasteiger partial charge in [0.1, 0.15) is 0 Å². The minimum absolute atomic E-state index is 0.672. The van der Waals surface area contributed by atoms with Crippen molar-refractivity contribution in [1.82, 2.24) is 19.6 Å². The summed E-state index contributed by atoms with van der Waals surface area (Å²) in [5.74, 6) is 0. The van der Waals surface area contributed by atoms with Crippen LogP contribution in [0.2, 0.25) is 0 Å². The molecule has 2 atom stereocenters. The van der Waals surface area contributed by atoms with Crippen molar-refractivity contribution >= 4 is 0 Å². The lowest BCUT2D eigenvalue weighted by Crippen LogP contribution is -2.42. The summed E-state index contributed by atoms with van der Waals surface area (Å²) in [5.41, 5.74) is 0. The van der Waals surface area contributed by atoms with Crippen LogP contribution in [0.5, 0.6) is 0 Å². The maximum atomic E-state index is 2.51. The van der Waals surface area contributed by atoms with Gasteiger partial charge < -0.3 is 19.6 Å². The Bertz CT molecular complexity index is 209. The molecule has 0 N–H and O–H groups in total. The van der Waals surface area contributed by atoms with Crippen LogP contribution in [0.3, 0.4) is 0 Å². The molecule has 20 heavy (non-hydrogen) atoms. The molecular weight excluding hydrogens is 248 g/mol. The maximum absolute atomic E-state index is 2.51. The predicted molar refractivity (Wildman–Crippen MR) is 88.4 cm³/mol. The molecule has 4 heteroatoms. The summed E-state index contributed by atoms with van der Waals surface area (Å²) in [6.07, 6.45) is 2.52. The number of likely N-dealkylation sites (N-methyl/N-ethyl adjacent to an activating group) is 4. The summed E-state index contributed by atoms with van der Waals surface area (Å²) in [5, 5.41) is 0. The van der Waals surface area contributed by atoms with Crippen LogP contribution in [-0.4, -0.2) is 99.1 Å². The van der Waals surface area contributed by atoms with Crippen LogP contribution in [-0.2, 0) is 0 Å². The first-order valence-corrected chi connectivity index (χ1v) is 8.17. The van der Waals surface area contributed by atoms with Crippen LogP contribution >= 0.6 is 0 Å². The highest BCUT2D eigenvalue weighted by Gasteiger charge is 2.15. The molecule has 0 bridgehead atoms. The van der Waals surface area contributed by atoms with E-state index in [9.17, 15) is 0 Å². The standard InChI is InChI=1S/C16H36N4/c1-15-7-9-17(3)12-14-20(6)16(2)8-10-18(4)11-13-19(15)5/h15-16H,7-14H2,1-6H3/t15-,16-/m1/s1. The summed E-state index contributed by atoms with van der Waals surface area (Å²) in [4.78, 5) is 9.97. The summed E-state index contributed by atoms with van der Waals surface area (Å²) < 4.78 is 0. The molecule has 0 spiro atoms. The molecule has 0 aromatic heterocycles. The second kappa shape index (κ2) is 8.98. The van der Waals surface area contributed by atoms with Crippen molar-refractivity contribution in [2.24, 2.45) is 0 Å². The largest absolute Gasteiger partial charge is 0.305 e. The molecule has 0 radical (unpaired) electrons. The van der Waals surface area contributed by atoms with Crippen LogP contribution < -0.4 is 0 Å². The highest BCUT2D eigenvalue weighted by atomic mass is 15.2. The number of hydrogen-bond donors (Lipinski definition) is 0. The van der Waals surface area contributed by atoms with E-state index in [-0.39, 0.29) is 0 Å². The van der Waals surface area contributed by atoms with Crippen molar-refractivity contribution in [2.45, 2.75) is 38.8 Å². The topological polar surface area (TPSA) is 13.0 Å². The van der Waals surface area contributed by atoms with Crippen molar-refractivity contribution in [3.05, 3.63) is 0 Å². The van der Waals surface area contributed by atoms with Gasteiger partial charge in [-0.25, -0.2) is 0 Å². The minimum atomic E-state index is 0.672. The van der Waals surface area contributed by atoms with Crippen LogP contribution in [0.4, 0.5) is 0 Å². The molecule has 1 aliphatic rings. The van der Waals surface area contributed by atoms with E-state index in [1.54, 1.807) is 0 Å². The average molecular weight is 284 g/mol. The van der Waals surface area contributed by atoms with Gasteiger partial charge in [0.25, 0.3) is 0 Å². The predicted octanol–water partition coefficient (Wildman–Crippen LogP) is 1.28. The third kappa shape index (κ3) is 6.53. The summed E-state index contributed by atoms with van der Waals surface area (Å²) in [6.45, 7) is 11.8. The normalized spacial score (nSPS) is 32.1. The fraction of sp³-hybridized carbons (Fsp3) is 1.00. The van der Waals surface area contributed by atoms with Crippen molar-refractivity contribution in [3.63, 3.8) is 0 Å². The molecule has 0 amide bonds. The van der Waals surface area contributed by atoms with Gasteiger partial charge in [-0.1, -0.05) is 0 Å². The van der Waals surface area contributed by atoms with Crippen molar-refractivity contribution in [1.29, 1.82) is 0 Å². The molecule has 0 aromatic rings. The lowest BCUT2D eigenvalue weighted by Gasteiger charge is -2.32. The summed E-state index contributed by atoms with van der Waals surface area (Å²) in [7, 11) is 9.04. The Labute approximate surface area is 126 Å². The van der Waals surface area contributed by atoms with Crippen LogP contribution in [0, 0.1) is 0 Å². The van der Waals surface area contributed by atoms with Crippen molar-refractivity contribution in [2.75, 3.05) is 67.5 Å². The molecule has 1 rings (SSSR count). The SMILES string of the molecule is C[C@@H]1CCN(C)CCN(C)[C@H](C)CCN(C)CCN1C. The molecule has 1 aliphatic heterocycles. The van der Waals surface area contributed by atoms with E-state index >= 15 is 0 Å². The number of hydrogen-bond acceptors (Lipinski definition) is 4. The Morgan fingerprint density at radius 2 is 0.900 bits per heavy atom.